The molecule has 0 aliphatic rings. The van der Waals surface area contributed by atoms with E-state index in [1.807, 2.05) is 30.3 Å². The number of aromatic nitrogens is 3. The van der Waals surface area contributed by atoms with Crippen LogP contribution < -0.4 is 9.47 Å². The molecule has 0 radical (unpaired) electrons. The largest absolute Gasteiger partial charge is 0.496 e. The molecule has 0 saturated carbocycles. The predicted molar refractivity (Wildman–Crippen MR) is 151 cm³/mol. The number of aromatic amines is 1. The summed E-state index contributed by atoms with van der Waals surface area (Å²) in [6.45, 7) is 3.35. The third kappa shape index (κ3) is 6.05. The lowest BCUT2D eigenvalue weighted by molar-refractivity contribution is -0.266. The van der Waals surface area contributed by atoms with Crippen LogP contribution in [0.1, 0.15) is 31.5 Å². The normalized spacial score (nSPS) is 13.6. The van der Waals surface area contributed by atoms with Crippen molar-refractivity contribution in [3.8, 4) is 28.5 Å². The first-order chi connectivity index (χ1) is 19.5. The van der Waals surface area contributed by atoms with E-state index in [4.69, 9.17) is 9.47 Å². The minimum absolute atomic E-state index is 0.227. The van der Waals surface area contributed by atoms with Gasteiger partial charge in [-0.15, -0.1) is 0 Å². The second kappa shape index (κ2) is 10.9. The van der Waals surface area contributed by atoms with Gasteiger partial charge in [0.05, 0.1) is 18.8 Å². The van der Waals surface area contributed by atoms with Crippen LogP contribution in [0.5, 0.6) is 17.4 Å². The van der Waals surface area contributed by atoms with Gasteiger partial charge in [-0.2, -0.15) is 13.2 Å². The van der Waals surface area contributed by atoms with E-state index in [1.165, 1.54) is 13.3 Å². The monoisotopic (exact) mass is 561 g/mol. The zero-order valence-electron chi connectivity index (χ0n) is 22.9. The van der Waals surface area contributed by atoms with Crippen LogP contribution >= 0.6 is 0 Å². The number of para-hydroxylation sites is 1. The number of hydrogen-bond donors (Lipinski definition) is 2. The number of ether oxygens (including phenoxy) is 2. The van der Waals surface area contributed by atoms with E-state index >= 15 is 0 Å². The Balaban J connectivity index is 1.45. The van der Waals surface area contributed by atoms with Crippen LogP contribution in [0.25, 0.3) is 22.0 Å². The average molecular weight is 562 g/mol. The number of H-pyrrole nitrogens is 1. The van der Waals surface area contributed by atoms with Crippen LogP contribution in [0.4, 0.5) is 13.2 Å². The Labute approximate surface area is 235 Å². The van der Waals surface area contributed by atoms with Crippen molar-refractivity contribution in [2.24, 2.45) is 0 Å². The molecule has 2 N–H and O–H groups in total. The molecule has 5 aromatic rings. The second-order valence-electron chi connectivity index (χ2n) is 10.7. The Bertz CT molecular complexity index is 1640. The Kier molecular flexibility index (Phi) is 7.48. The number of pyridine rings is 2. The third-order valence-corrected chi connectivity index (χ3v) is 7.17. The van der Waals surface area contributed by atoms with Gasteiger partial charge < -0.3 is 19.6 Å². The molecular formula is C32H30F3N3O3. The van der Waals surface area contributed by atoms with E-state index in [0.717, 1.165) is 11.1 Å². The molecule has 212 valence electrons. The molecule has 41 heavy (non-hydrogen) atoms. The van der Waals surface area contributed by atoms with Crippen LogP contribution in [0.2, 0.25) is 0 Å². The molecule has 2 aromatic carbocycles. The highest BCUT2D eigenvalue weighted by Gasteiger charge is 2.56. The molecule has 6 nitrogen and oxygen atoms in total. The number of fused-ring (bicyclic) bond motifs is 1. The fraction of sp³-hybridized carbons (Fsp3) is 0.250. The standard InChI is InChI=1S/C32H30F3N3O3/c1-30(2,26-15-21(11-12-28(26)40-3)22-8-7-13-36-18-22)20-31(39,32(33,34)35)17-24-14-23-16-29(37-19-27(23)38-24)41-25-9-5-4-6-10-25/h4-16,18-19,38-39H,17,20H2,1-3H3. The molecule has 0 bridgehead atoms. The van der Waals surface area contributed by atoms with Crippen molar-refractivity contribution in [3.63, 3.8) is 0 Å². The van der Waals surface area contributed by atoms with Gasteiger partial charge in [-0.05, 0) is 53.8 Å². The van der Waals surface area contributed by atoms with Gasteiger partial charge in [0.1, 0.15) is 11.5 Å². The van der Waals surface area contributed by atoms with Gasteiger partial charge in [-0.3, -0.25) is 4.98 Å². The smallest absolute Gasteiger partial charge is 0.417 e. The highest BCUT2D eigenvalue weighted by Crippen LogP contribution is 2.46. The van der Waals surface area contributed by atoms with E-state index in [9.17, 15) is 18.3 Å². The van der Waals surface area contributed by atoms with Crippen molar-refractivity contribution in [2.45, 2.75) is 43.9 Å². The SMILES string of the molecule is COc1ccc(-c2cccnc2)cc1C(C)(C)CC(O)(Cc1cc2cc(Oc3ccccc3)ncc2[nH]1)C(F)(F)F. The first-order valence-corrected chi connectivity index (χ1v) is 13.1. The summed E-state index contributed by atoms with van der Waals surface area (Å²) in [5.74, 6) is 1.34. The molecule has 9 heteroatoms. The van der Waals surface area contributed by atoms with Crippen molar-refractivity contribution in [2.75, 3.05) is 7.11 Å². The molecule has 1 atom stereocenters. The van der Waals surface area contributed by atoms with Gasteiger partial charge in [0.2, 0.25) is 5.88 Å². The van der Waals surface area contributed by atoms with Crippen LogP contribution in [0.3, 0.4) is 0 Å². The van der Waals surface area contributed by atoms with Crippen molar-refractivity contribution in [3.05, 3.63) is 103 Å². The number of nitrogens with zero attached hydrogens (tertiary/aromatic N) is 2. The van der Waals surface area contributed by atoms with E-state index in [2.05, 4.69) is 15.0 Å². The van der Waals surface area contributed by atoms with Crippen molar-refractivity contribution in [1.29, 1.82) is 0 Å². The number of aliphatic hydroxyl groups is 1. The minimum atomic E-state index is -4.91. The maximum absolute atomic E-state index is 14.6. The van der Waals surface area contributed by atoms with Crippen LogP contribution in [0, 0.1) is 0 Å². The number of rotatable bonds is 9. The molecule has 3 aromatic heterocycles. The number of methoxy groups -OCH3 is 1. The van der Waals surface area contributed by atoms with Crippen molar-refractivity contribution < 1.29 is 27.8 Å². The Hall–Kier alpha value is -4.37. The molecule has 0 aliphatic heterocycles. The van der Waals surface area contributed by atoms with Gasteiger partial charge in [0.25, 0.3) is 0 Å². The average Bonchev–Trinajstić information content (AvgIpc) is 3.34. The van der Waals surface area contributed by atoms with Crippen LogP contribution in [-0.4, -0.2) is 38.9 Å². The van der Waals surface area contributed by atoms with Crippen LogP contribution in [-0.2, 0) is 11.8 Å². The summed E-state index contributed by atoms with van der Waals surface area (Å²) in [6, 6.07) is 21.3. The van der Waals surface area contributed by atoms with E-state index < -0.39 is 30.0 Å². The Morgan fingerprint density at radius 1 is 0.902 bits per heavy atom. The summed E-state index contributed by atoms with van der Waals surface area (Å²) in [5.41, 5.74) is -1.25. The van der Waals surface area contributed by atoms with Crippen molar-refractivity contribution >= 4 is 10.9 Å². The quantitative estimate of drug-likeness (QED) is 0.193. The zero-order chi connectivity index (χ0) is 29.3. The molecule has 0 aliphatic carbocycles. The zero-order valence-corrected chi connectivity index (χ0v) is 22.9. The molecule has 0 saturated heterocycles. The molecule has 0 spiro atoms. The summed E-state index contributed by atoms with van der Waals surface area (Å²) in [6.07, 6.45) is -1.34. The first-order valence-electron chi connectivity index (χ1n) is 13.1. The third-order valence-electron chi connectivity index (χ3n) is 7.17. The fourth-order valence-electron chi connectivity index (χ4n) is 5.19. The maximum atomic E-state index is 14.6. The summed E-state index contributed by atoms with van der Waals surface area (Å²) in [4.78, 5) is 11.4. The van der Waals surface area contributed by atoms with E-state index in [1.54, 1.807) is 68.7 Å². The van der Waals surface area contributed by atoms with Crippen molar-refractivity contribution in [1.82, 2.24) is 15.0 Å². The van der Waals surface area contributed by atoms with Gasteiger partial charge in [-0.1, -0.05) is 44.2 Å². The van der Waals surface area contributed by atoms with Gasteiger partial charge in [0.15, 0.2) is 5.60 Å². The van der Waals surface area contributed by atoms with Crippen LogP contribution in [0.15, 0.2) is 91.4 Å². The van der Waals surface area contributed by atoms with Gasteiger partial charge >= 0.3 is 6.18 Å². The summed E-state index contributed by atoms with van der Waals surface area (Å²) < 4.78 is 55.1. The van der Waals surface area contributed by atoms with Gasteiger partial charge in [-0.25, -0.2) is 4.98 Å². The Morgan fingerprint density at radius 3 is 2.37 bits per heavy atom. The lowest BCUT2D eigenvalue weighted by Crippen LogP contribution is -2.51. The predicted octanol–water partition coefficient (Wildman–Crippen LogP) is 7.63. The highest BCUT2D eigenvalue weighted by atomic mass is 19.4. The number of halogens is 3. The summed E-state index contributed by atoms with van der Waals surface area (Å²) >= 11 is 0. The number of hydrogen-bond acceptors (Lipinski definition) is 5. The molecule has 0 fully saturated rings. The molecular weight excluding hydrogens is 531 g/mol. The fourth-order valence-corrected chi connectivity index (χ4v) is 5.19. The van der Waals surface area contributed by atoms with Gasteiger partial charge in [0, 0.05) is 47.1 Å². The molecule has 5 rings (SSSR count). The maximum Gasteiger partial charge on any atom is 0.417 e. The first kappa shape index (κ1) is 28.2. The van der Waals surface area contributed by atoms with E-state index in [-0.39, 0.29) is 5.69 Å². The second-order valence-corrected chi connectivity index (χ2v) is 10.7. The summed E-state index contributed by atoms with van der Waals surface area (Å²) in [7, 11) is 1.48. The number of benzene rings is 2. The number of nitrogens with one attached hydrogen (secondary N) is 1. The molecule has 1 unspecified atom stereocenters. The number of alkyl halides is 3. The summed E-state index contributed by atoms with van der Waals surface area (Å²) in [5, 5.41) is 11.9. The lowest BCUT2D eigenvalue weighted by atomic mass is 9.72. The minimum Gasteiger partial charge on any atom is -0.496 e. The highest BCUT2D eigenvalue weighted by molar-refractivity contribution is 5.80. The topological polar surface area (TPSA) is 80.3 Å². The van der Waals surface area contributed by atoms with E-state index in [0.29, 0.717) is 33.8 Å². The molecule has 0 amide bonds. The lowest BCUT2D eigenvalue weighted by Gasteiger charge is -2.38. The Morgan fingerprint density at radius 2 is 1.68 bits per heavy atom. The molecule has 3 heterocycles.